The monoisotopic (exact) mass is 341 g/mol. The molecule has 2 aromatic rings. The highest BCUT2D eigenvalue weighted by Crippen LogP contribution is 2.16. The van der Waals surface area contributed by atoms with Crippen molar-refractivity contribution in [3.8, 4) is 0 Å². The molecule has 0 bridgehead atoms. The molecule has 0 saturated carbocycles. The van der Waals surface area contributed by atoms with E-state index in [-0.39, 0.29) is 0 Å². The van der Waals surface area contributed by atoms with Crippen molar-refractivity contribution in [2.75, 3.05) is 26.7 Å². The molecular formula is C20H31N5. The van der Waals surface area contributed by atoms with Gasteiger partial charge in [0.2, 0.25) is 0 Å². The molecule has 0 aliphatic carbocycles. The van der Waals surface area contributed by atoms with Gasteiger partial charge in [-0.1, -0.05) is 24.6 Å². The van der Waals surface area contributed by atoms with Crippen LogP contribution in [0.4, 0.5) is 0 Å². The number of nitrogens with one attached hydrogen (secondary N) is 3. The van der Waals surface area contributed by atoms with Gasteiger partial charge in [0.25, 0.3) is 0 Å². The molecule has 1 aliphatic rings. The fourth-order valence-corrected chi connectivity index (χ4v) is 3.61. The number of para-hydroxylation sites is 1. The fraction of sp³-hybridized carbons (Fsp3) is 0.550. The minimum Gasteiger partial charge on any atom is -0.357 e. The maximum Gasteiger partial charge on any atom is 0.191 e. The maximum atomic E-state index is 4.32. The van der Waals surface area contributed by atoms with Crippen molar-refractivity contribution in [3.63, 3.8) is 0 Å². The van der Waals surface area contributed by atoms with Crippen LogP contribution in [0.3, 0.4) is 0 Å². The van der Waals surface area contributed by atoms with E-state index in [1.54, 1.807) is 0 Å². The molecule has 1 aromatic carbocycles. The zero-order valence-corrected chi connectivity index (χ0v) is 15.5. The maximum absolute atomic E-state index is 4.32. The number of piperidine rings is 1. The van der Waals surface area contributed by atoms with Gasteiger partial charge in [-0.3, -0.25) is 4.99 Å². The molecule has 1 aliphatic heterocycles. The van der Waals surface area contributed by atoms with E-state index in [2.05, 4.69) is 62.8 Å². The number of aliphatic imine (C=N–C) groups is 1. The first kappa shape index (κ1) is 17.8. The molecule has 0 spiro atoms. The smallest absolute Gasteiger partial charge is 0.191 e. The topological polar surface area (TPSA) is 55.5 Å². The summed E-state index contributed by atoms with van der Waals surface area (Å²) >= 11 is 0. The molecule has 1 atom stereocenters. The van der Waals surface area contributed by atoms with Crippen LogP contribution in [0.15, 0.2) is 35.3 Å². The number of rotatable bonds is 6. The highest BCUT2D eigenvalue weighted by atomic mass is 15.2. The van der Waals surface area contributed by atoms with Gasteiger partial charge in [0.1, 0.15) is 0 Å². The number of aromatic amines is 1. The van der Waals surface area contributed by atoms with Gasteiger partial charge in [-0.05, 0) is 50.2 Å². The number of hydrogen-bond acceptors (Lipinski definition) is 2. The average Bonchev–Trinajstić information content (AvgIpc) is 3.05. The number of H-pyrrole nitrogens is 1. The van der Waals surface area contributed by atoms with Gasteiger partial charge in [-0.2, -0.15) is 0 Å². The van der Waals surface area contributed by atoms with Crippen molar-refractivity contribution in [2.24, 2.45) is 4.99 Å². The highest BCUT2D eigenvalue weighted by molar-refractivity contribution is 5.81. The lowest BCUT2D eigenvalue weighted by molar-refractivity contribution is 0.159. The van der Waals surface area contributed by atoms with Gasteiger partial charge in [0, 0.05) is 37.4 Å². The van der Waals surface area contributed by atoms with E-state index in [0.717, 1.165) is 31.5 Å². The summed E-state index contributed by atoms with van der Waals surface area (Å²) in [6.07, 6.45) is 5.24. The molecule has 5 nitrogen and oxygen atoms in total. The van der Waals surface area contributed by atoms with Crippen LogP contribution in [0.25, 0.3) is 10.9 Å². The summed E-state index contributed by atoms with van der Waals surface area (Å²) in [7, 11) is 1.83. The molecule has 0 amide bonds. The first-order valence-electron chi connectivity index (χ1n) is 9.51. The van der Waals surface area contributed by atoms with Crippen LogP contribution in [-0.2, 0) is 6.54 Å². The molecular weight excluding hydrogens is 310 g/mol. The van der Waals surface area contributed by atoms with Crippen molar-refractivity contribution in [1.82, 2.24) is 20.5 Å². The summed E-state index contributed by atoms with van der Waals surface area (Å²) in [5, 5.41) is 8.06. The number of fused-ring (bicyclic) bond motifs is 1. The lowest BCUT2D eigenvalue weighted by atomic mass is 10.0. The van der Waals surface area contributed by atoms with Crippen molar-refractivity contribution in [3.05, 3.63) is 36.0 Å². The summed E-state index contributed by atoms with van der Waals surface area (Å²) in [5.74, 6) is 0.866. The summed E-state index contributed by atoms with van der Waals surface area (Å²) < 4.78 is 0. The van der Waals surface area contributed by atoms with E-state index in [9.17, 15) is 0 Å². The minimum absolute atomic E-state index is 0.744. The molecule has 1 unspecified atom stereocenters. The van der Waals surface area contributed by atoms with E-state index < -0.39 is 0 Å². The Balaban J connectivity index is 1.39. The van der Waals surface area contributed by atoms with Crippen LogP contribution in [0, 0.1) is 0 Å². The first-order chi connectivity index (χ1) is 12.3. The third-order valence-electron chi connectivity index (χ3n) is 5.11. The fourth-order valence-electron chi connectivity index (χ4n) is 3.61. The summed E-state index contributed by atoms with van der Waals surface area (Å²) in [5.41, 5.74) is 2.35. The van der Waals surface area contributed by atoms with E-state index in [1.165, 1.54) is 48.9 Å². The number of aromatic nitrogens is 1. The Hall–Kier alpha value is -2.01. The molecule has 1 fully saturated rings. The highest BCUT2D eigenvalue weighted by Gasteiger charge is 2.17. The molecule has 0 radical (unpaired) electrons. The van der Waals surface area contributed by atoms with Crippen molar-refractivity contribution in [2.45, 2.75) is 45.2 Å². The molecule has 1 saturated heterocycles. The summed E-state index contributed by atoms with van der Waals surface area (Å²) in [4.78, 5) is 10.4. The van der Waals surface area contributed by atoms with Crippen molar-refractivity contribution in [1.29, 1.82) is 0 Å². The molecule has 1 aromatic heterocycles. The number of nitrogens with zero attached hydrogens (tertiary/aromatic N) is 2. The predicted molar refractivity (Wildman–Crippen MR) is 106 cm³/mol. The van der Waals surface area contributed by atoms with Crippen LogP contribution in [0.5, 0.6) is 0 Å². The standard InChI is InChI=1S/C20H31N5/c1-16-8-5-6-12-25(16)13-7-11-22-20(21-2)23-15-18-14-17-9-3-4-10-19(17)24-18/h3-4,9-10,14,16,24H,5-8,11-13,15H2,1-2H3,(H2,21,22,23). The Bertz CT molecular complexity index is 657. The van der Waals surface area contributed by atoms with Gasteiger partial charge >= 0.3 is 0 Å². The second kappa shape index (κ2) is 8.90. The molecule has 3 rings (SSSR count). The Kier molecular flexibility index (Phi) is 6.34. The van der Waals surface area contributed by atoms with Gasteiger partial charge in [0.05, 0.1) is 6.54 Å². The number of hydrogen-bond donors (Lipinski definition) is 3. The van der Waals surface area contributed by atoms with Gasteiger partial charge in [-0.15, -0.1) is 0 Å². The van der Waals surface area contributed by atoms with Crippen LogP contribution in [-0.4, -0.2) is 48.6 Å². The zero-order valence-electron chi connectivity index (χ0n) is 15.5. The third kappa shape index (κ3) is 4.98. The largest absolute Gasteiger partial charge is 0.357 e. The van der Waals surface area contributed by atoms with Crippen LogP contribution in [0.2, 0.25) is 0 Å². The predicted octanol–water partition coefficient (Wildman–Crippen LogP) is 3.10. The average molecular weight is 342 g/mol. The quantitative estimate of drug-likeness (QED) is 0.430. The lowest BCUT2D eigenvalue weighted by Crippen LogP contribution is -2.41. The summed E-state index contributed by atoms with van der Waals surface area (Å²) in [6.45, 7) is 6.49. The SMILES string of the molecule is CN=C(NCCCN1CCCCC1C)NCc1cc2ccccc2[nH]1. The number of benzene rings is 1. The van der Waals surface area contributed by atoms with E-state index in [0.29, 0.717) is 0 Å². The third-order valence-corrected chi connectivity index (χ3v) is 5.11. The van der Waals surface area contributed by atoms with E-state index in [1.807, 2.05) is 7.05 Å². The normalized spacial score (nSPS) is 19.3. The Labute approximate surface area is 150 Å². The Morgan fingerprint density at radius 3 is 2.96 bits per heavy atom. The Morgan fingerprint density at radius 2 is 2.16 bits per heavy atom. The first-order valence-corrected chi connectivity index (χ1v) is 9.51. The Morgan fingerprint density at radius 1 is 1.28 bits per heavy atom. The van der Waals surface area contributed by atoms with Crippen LogP contribution < -0.4 is 10.6 Å². The zero-order chi connectivity index (χ0) is 17.5. The second-order valence-corrected chi connectivity index (χ2v) is 6.97. The van der Waals surface area contributed by atoms with Gasteiger partial charge in [0.15, 0.2) is 5.96 Å². The minimum atomic E-state index is 0.744. The number of guanidine groups is 1. The van der Waals surface area contributed by atoms with Gasteiger partial charge < -0.3 is 20.5 Å². The lowest BCUT2D eigenvalue weighted by Gasteiger charge is -2.33. The molecule has 2 heterocycles. The van der Waals surface area contributed by atoms with Crippen molar-refractivity contribution >= 4 is 16.9 Å². The van der Waals surface area contributed by atoms with Gasteiger partial charge in [-0.25, -0.2) is 0 Å². The van der Waals surface area contributed by atoms with E-state index in [4.69, 9.17) is 0 Å². The van der Waals surface area contributed by atoms with Crippen LogP contribution >= 0.6 is 0 Å². The van der Waals surface area contributed by atoms with E-state index >= 15 is 0 Å². The molecule has 25 heavy (non-hydrogen) atoms. The molecule has 5 heteroatoms. The number of likely N-dealkylation sites (tertiary alicyclic amines) is 1. The molecule has 3 N–H and O–H groups in total. The second-order valence-electron chi connectivity index (χ2n) is 6.97. The van der Waals surface area contributed by atoms with Crippen LogP contribution in [0.1, 0.15) is 38.3 Å². The summed E-state index contributed by atoms with van der Waals surface area (Å²) in [6, 6.07) is 11.3. The molecule has 136 valence electrons. The van der Waals surface area contributed by atoms with Crippen molar-refractivity contribution < 1.29 is 0 Å².